The van der Waals surface area contributed by atoms with E-state index < -0.39 is 13.2 Å². The lowest BCUT2D eigenvalue weighted by molar-refractivity contribution is -0.385. The van der Waals surface area contributed by atoms with Crippen LogP contribution < -0.4 is 10.3 Å². The molecule has 0 aromatic heterocycles. The minimum atomic E-state index is -2.74. The van der Waals surface area contributed by atoms with Crippen molar-refractivity contribution in [2.24, 2.45) is 0 Å². The van der Waals surface area contributed by atoms with Gasteiger partial charge in [0.05, 0.1) is 4.92 Å². The zero-order valence-corrected chi connectivity index (χ0v) is 8.80. The maximum absolute atomic E-state index is 10.9. The Morgan fingerprint density at radius 3 is 2.73 bits per heavy atom. The average molecular weight is 232 g/mol. The summed E-state index contributed by atoms with van der Waals surface area (Å²) in [5, 5.41) is 10.6. The van der Waals surface area contributed by atoms with E-state index in [1.54, 1.807) is 0 Å². The van der Waals surface area contributed by atoms with E-state index in [9.17, 15) is 14.7 Å². The van der Waals surface area contributed by atoms with Crippen LogP contribution in [0.5, 0.6) is 5.75 Å². The van der Waals surface area contributed by atoms with Crippen LogP contribution in [0.1, 0.15) is 0 Å². The maximum Gasteiger partial charge on any atom is 0.367 e. The number of nitrogens with two attached hydrogens (primary N) is 1. The highest BCUT2D eigenvalue weighted by Crippen LogP contribution is 2.35. The van der Waals surface area contributed by atoms with Crippen molar-refractivity contribution < 1.29 is 18.5 Å². The van der Waals surface area contributed by atoms with Gasteiger partial charge in [0.15, 0.2) is 0 Å². The van der Waals surface area contributed by atoms with Crippen molar-refractivity contribution in [1.29, 1.82) is 0 Å². The maximum atomic E-state index is 10.9. The third-order valence-corrected chi connectivity index (χ3v) is 2.26. The number of anilines is 1. The van der Waals surface area contributed by atoms with Crippen LogP contribution in [0.2, 0.25) is 0 Å². The van der Waals surface area contributed by atoms with Crippen molar-refractivity contribution in [3.63, 3.8) is 0 Å². The van der Waals surface area contributed by atoms with Gasteiger partial charge in [0.2, 0.25) is 5.75 Å². The minimum absolute atomic E-state index is 0.125. The van der Waals surface area contributed by atoms with Gasteiger partial charge >= 0.3 is 13.9 Å². The van der Waals surface area contributed by atoms with Crippen LogP contribution in [0, 0.1) is 10.1 Å². The molecule has 0 saturated heterocycles. The Labute approximate surface area is 85.9 Å². The first-order chi connectivity index (χ1) is 7.04. The molecule has 0 aliphatic heterocycles. The van der Waals surface area contributed by atoms with Crippen LogP contribution in [0.4, 0.5) is 11.4 Å². The number of nitrogens with zero attached hydrogens (tertiary/aromatic N) is 1. The predicted octanol–water partition coefficient (Wildman–Crippen LogP) is 1.59. The van der Waals surface area contributed by atoms with Gasteiger partial charge in [-0.15, -0.1) is 0 Å². The van der Waals surface area contributed by atoms with E-state index in [0.29, 0.717) is 0 Å². The SMILES string of the molecule is CO[PH](=O)Oc1ccc(N)cc1[N+](=O)[O-]. The lowest BCUT2D eigenvalue weighted by Gasteiger charge is -2.04. The quantitative estimate of drug-likeness (QED) is 0.365. The summed E-state index contributed by atoms with van der Waals surface area (Å²) in [5.41, 5.74) is 5.25. The number of nitrogen functional groups attached to an aromatic ring is 1. The molecule has 0 heterocycles. The van der Waals surface area contributed by atoms with E-state index in [-0.39, 0.29) is 17.1 Å². The van der Waals surface area contributed by atoms with Crippen LogP contribution in [0.15, 0.2) is 18.2 Å². The molecule has 0 fully saturated rings. The first-order valence-corrected chi connectivity index (χ1v) is 5.06. The molecule has 0 bridgehead atoms. The molecule has 0 aliphatic carbocycles. The second-order valence-corrected chi connectivity index (χ2v) is 3.65. The zero-order chi connectivity index (χ0) is 11.4. The molecule has 0 aliphatic rings. The zero-order valence-electron chi connectivity index (χ0n) is 7.80. The molecule has 1 atom stereocenters. The number of benzene rings is 1. The highest BCUT2D eigenvalue weighted by molar-refractivity contribution is 7.33. The third kappa shape index (κ3) is 2.93. The molecule has 82 valence electrons. The van der Waals surface area contributed by atoms with E-state index >= 15 is 0 Å². The fourth-order valence-electron chi connectivity index (χ4n) is 0.895. The Kier molecular flexibility index (Phi) is 3.65. The van der Waals surface area contributed by atoms with Gasteiger partial charge in [-0.05, 0) is 12.1 Å². The Morgan fingerprint density at radius 1 is 1.53 bits per heavy atom. The fraction of sp³-hybridized carbons (Fsp3) is 0.143. The summed E-state index contributed by atoms with van der Waals surface area (Å²) < 4.78 is 20.1. The molecule has 0 radical (unpaired) electrons. The van der Waals surface area contributed by atoms with Gasteiger partial charge in [0, 0.05) is 18.9 Å². The molecule has 1 unspecified atom stereocenters. The molecule has 7 nitrogen and oxygen atoms in total. The smallest absolute Gasteiger partial charge is 0.367 e. The molecule has 15 heavy (non-hydrogen) atoms. The lowest BCUT2D eigenvalue weighted by atomic mass is 10.2. The first kappa shape index (κ1) is 11.5. The highest BCUT2D eigenvalue weighted by atomic mass is 31.1. The fourth-order valence-corrected chi connectivity index (χ4v) is 1.33. The molecule has 2 N–H and O–H groups in total. The Balaban J connectivity index is 3.06. The van der Waals surface area contributed by atoms with E-state index in [0.717, 1.165) is 6.07 Å². The Bertz CT molecular complexity index is 408. The number of hydrogen-bond donors (Lipinski definition) is 1. The summed E-state index contributed by atoms with van der Waals surface area (Å²) in [6.45, 7) is 0. The van der Waals surface area contributed by atoms with Crippen LogP contribution in [0.3, 0.4) is 0 Å². The topological polar surface area (TPSA) is 105 Å². The summed E-state index contributed by atoms with van der Waals surface area (Å²) >= 11 is 0. The summed E-state index contributed by atoms with van der Waals surface area (Å²) in [6.07, 6.45) is 0. The van der Waals surface area contributed by atoms with Gasteiger partial charge in [0.25, 0.3) is 0 Å². The summed E-state index contributed by atoms with van der Waals surface area (Å²) in [6, 6.07) is 3.81. The van der Waals surface area contributed by atoms with E-state index in [2.05, 4.69) is 4.52 Å². The summed E-state index contributed by atoms with van der Waals surface area (Å²) in [7, 11) is -1.56. The molecule has 1 rings (SSSR count). The van der Waals surface area contributed by atoms with Gasteiger partial charge in [-0.25, -0.2) is 4.57 Å². The van der Waals surface area contributed by atoms with Crippen molar-refractivity contribution in [1.82, 2.24) is 0 Å². The summed E-state index contributed by atoms with van der Waals surface area (Å²) in [5.74, 6) is -0.125. The van der Waals surface area contributed by atoms with E-state index in [1.165, 1.54) is 19.2 Å². The largest absolute Gasteiger partial charge is 0.419 e. The average Bonchev–Trinajstić information content (AvgIpc) is 2.20. The second kappa shape index (κ2) is 4.77. The van der Waals surface area contributed by atoms with Crippen LogP contribution in [0.25, 0.3) is 0 Å². The van der Waals surface area contributed by atoms with Gasteiger partial charge < -0.3 is 14.8 Å². The van der Waals surface area contributed by atoms with Gasteiger partial charge in [-0.1, -0.05) is 0 Å². The van der Waals surface area contributed by atoms with E-state index in [1.807, 2.05) is 0 Å². The van der Waals surface area contributed by atoms with Crippen LogP contribution in [-0.2, 0) is 9.09 Å². The third-order valence-electron chi connectivity index (χ3n) is 1.54. The molecule has 0 saturated carbocycles. The van der Waals surface area contributed by atoms with E-state index in [4.69, 9.17) is 10.3 Å². The van der Waals surface area contributed by atoms with Crippen molar-refractivity contribution in [2.75, 3.05) is 12.8 Å². The van der Waals surface area contributed by atoms with Crippen LogP contribution >= 0.6 is 8.25 Å². The minimum Gasteiger partial charge on any atom is -0.419 e. The van der Waals surface area contributed by atoms with Crippen molar-refractivity contribution in [3.8, 4) is 5.75 Å². The summed E-state index contributed by atoms with van der Waals surface area (Å²) in [4.78, 5) is 9.91. The first-order valence-electron chi connectivity index (χ1n) is 3.84. The van der Waals surface area contributed by atoms with Gasteiger partial charge in [0.1, 0.15) is 0 Å². The molecule has 1 aromatic rings. The molecule has 0 spiro atoms. The lowest BCUT2D eigenvalue weighted by Crippen LogP contribution is -1.95. The molecular formula is C7H9N2O5P. The van der Waals surface area contributed by atoms with Crippen LogP contribution in [-0.4, -0.2) is 12.0 Å². The Hall–Kier alpha value is -1.59. The highest BCUT2D eigenvalue weighted by Gasteiger charge is 2.17. The second-order valence-electron chi connectivity index (χ2n) is 2.54. The molecular weight excluding hydrogens is 223 g/mol. The monoisotopic (exact) mass is 232 g/mol. The van der Waals surface area contributed by atoms with Crippen molar-refractivity contribution >= 4 is 19.6 Å². The number of hydrogen-bond acceptors (Lipinski definition) is 6. The molecule has 1 aromatic carbocycles. The number of nitro groups is 1. The number of nitro benzene ring substituents is 1. The Morgan fingerprint density at radius 2 is 2.20 bits per heavy atom. The standard InChI is InChI=1S/C7H9N2O5P/c1-13-15(12)14-7-3-2-5(8)4-6(7)9(10)11/h2-4,15H,8H2,1H3. The predicted molar refractivity (Wildman–Crippen MR) is 54.1 cm³/mol. The van der Waals surface area contributed by atoms with Gasteiger partial charge in [-0.3, -0.25) is 10.1 Å². The molecule has 8 heteroatoms. The number of rotatable bonds is 4. The van der Waals surface area contributed by atoms with Crippen molar-refractivity contribution in [2.45, 2.75) is 0 Å². The van der Waals surface area contributed by atoms with Gasteiger partial charge in [-0.2, -0.15) is 0 Å². The normalized spacial score (nSPS) is 12.1. The molecule has 0 amide bonds. The van der Waals surface area contributed by atoms with Crippen molar-refractivity contribution in [3.05, 3.63) is 28.3 Å².